The number of hydrogen-bond donors (Lipinski definition) is 0. The van der Waals surface area contributed by atoms with Crippen LogP contribution in [-0.4, -0.2) is 26.9 Å². The fourth-order valence-electron chi connectivity index (χ4n) is 3.33. The summed E-state index contributed by atoms with van der Waals surface area (Å²) in [7, 11) is 0. The van der Waals surface area contributed by atoms with Crippen molar-refractivity contribution in [2.45, 2.75) is 33.9 Å². The molecule has 0 aliphatic carbocycles. The standard InChI is InChI=1S/C21H21ClF3N3O/c1-4-28-17-9-13(22)5-8-16(17)26-18(28)11-27(10-12(2)3)21(29)19-14(23)6-7-15(24)20(19)25/h5-9,12H,4,10-11H2,1-3H3. The Bertz CT molecular complexity index is 1060. The molecule has 3 aromatic rings. The molecule has 0 aliphatic rings. The van der Waals surface area contributed by atoms with Gasteiger partial charge in [0.2, 0.25) is 0 Å². The van der Waals surface area contributed by atoms with Crippen LogP contribution >= 0.6 is 11.6 Å². The maximum absolute atomic E-state index is 14.2. The lowest BCUT2D eigenvalue weighted by molar-refractivity contribution is 0.0705. The van der Waals surface area contributed by atoms with E-state index < -0.39 is 28.9 Å². The largest absolute Gasteiger partial charge is 0.331 e. The number of rotatable bonds is 6. The summed E-state index contributed by atoms with van der Waals surface area (Å²) in [5, 5.41) is 0.553. The van der Waals surface area contributed by atoms with Gasteiger partial charge in [-0.3, -0.25) is 4.79 Å². The Labute approximate surface area is 171 Å². The second-order valence-electron chi connectivity index (χ2n) is 7.20. The van der Waals surface area contributed by atoms with Crippen molar-refractivity contribution in [3.05, 3.63) is 64.2 Å². The predicted molar refractivity (Wildman–Crippen MR) is 106 cm³/mol. The molecule has 0 aliphatic heterocycles. The van der Waals surface area contributed by atoms with Gasteiger partial charge in [-0.15, -0.1) is 0 Å². The number of aryl methyl sites for hydroxylation is 1. The third kappa shape index (κ3) is 4.24. The Morgan fingerprint density at radius 2 is 1.86 bits per heavy atom. The van der Waals surface area contributed by atoms with Crippen LogP contribution in [0.15, 0.2) is 30.3 Å². The third-order valence-electron chi connectivity index (χ3n) is 4.57. The van der Waals surface area contributed by atoms with Gasteiger partial charge in [0.1, 0.15) is 17.2 Å². The minimum atomic E-state index is -1.49. The zero-order chi connectivity index (χ0) is 21.3. The summed E-state index contributed by atoms with van der Waals surface area (Å²) in [4.78, 5) is 18.8. The van der Waals surface area contributed by atoms with Gasteiger partial charge >= 0.3 is 0 Å². The van der Waals surface area contributed by atoms with E-state index in [4.69, 9.17) is 11.6 Å². The first kappa shape index (κ1) is 21.2. The van der Waals surface area contributed by atoms with E-state index in [1.54, 1.807) is 18.2 Å². The van der Waals surface area contributed by atoms with Crippen molar-refractivity contribution in [1.82, 2.24) is 14.5 Å². The van der Waals surface area contributed by atoms with Crippen molar-refractivity contribution in [3.8, 4) is 0 Å². The predicted octanol–water partition coefficient (Wildman–Crippen LogP) is 5.43. The van der Waals surface area contributed by atoms with Gasteiger partial charge in [-0.1, -0.05) is 25.4 Å². The van der Waals surface area contributed by atoms with Crippen LogP contribution in [0.25, 0.3) is 11.0 Å². The highest BCUT2D eigenvalue weighted by molar-refractivity contribution is 6.31. The first-order chi connectivity index (χ1) is 13.7. The van der Waals surface area contributed by atoms with Crippen molar-refractivity contribution >= 4 is 28.5 Å². The molecule has 0 unspecified atom stereocenters. The number of nitrogens with zero attached hydrogens (tertiary/aromatic N) is 3. The molecular weight excluding hydrogens is 403 g/mol. The van der Waals surface area contributed by atoms with Crippen LogP contribution in [0, 0.1) is 23.4 Å². The van der Waals surface area contributed by atoms with Gasteiger partial charge in [0.05, 0.1) is 17.6 Å². The van der Waals surface area contributed by atoms with Gasteiger partial charge in [0.25, 0.3) is 5.91 Å². The lowest BCUT2D eigenvalue weighted by Gasteiger charge is -2.25. The van der Waals surface area contributed by atoms with Crippen LogP contribution in [0.2, 0.25) is 5.02 Å². The van der Waals surface area contributed by atoms with E-state index >= 15 is 0 Å². The molecule has 0 fully saturated rings. The Morgan fingerprint density at radius 1 is 1.17 bits per heavy atom. The molecule has 0 N–H and O–H groups in total. The van der Waals surface area contributed by atoms with Crippen molar-refractivity contribution in [1.29, 1.82) is 0 Å². The quantitative estimate of drug-likeness (QED) is 0.496. The summed E-state index contributed by atoms with van der Waals surface area (Å²) >= 11 is 6.09. The van der Waals surface area contributed by atoms with Gasteiger partial charge in [0.15, 0.2) is 11.6 Å². The molecule has 0 saturated heterocycles. The van der Waals surface area contributed by atoms with E-state index in [0.29, 0.717) is 29.0 Å². The molecule has 0 bridgehead atoms. The maximum atomic E-state index is 14.2. The summed E-state index contributed by atoms with van der Waals surface area (Å²) in [5.41, 5.74) is 0.606. The van der Waals surface area contributed by atoms with Crippen molar-refractivity contribution in [3.63, 3.8) is 0 Å². The number of amides is 1. The van der Waals surface area contributed by atoms with Gasteiger partial charge in [0, 0.05) is 18.1 Å². The summed E-state index contributed by atoms with van der Waals surface area (Å²) in [6.45, 7) is 6.49. The van der Waals surface area contributed by atoms with Crippen molar-refractivity contribution < 1.29 is 18.0 Å². The average Bonchev–Trinajstić information content (AvgIpc) is 3.00. The number of fused-ring (bicyclic) bond motifs is 1. The number of imidazole rings is 1. The Kier molecular flexibility index (Phi) is 6.17. The van der Waals surface area contributed by atoms with Crippen molar-refractivity contribution in [2.24, 2.45) is 5.92 Å². The molecule has 29 heavy (non-hydrogen) atoms. The van der Waals surface area contributed by atoms with Crippen LogP contribution in [0.5, 0.6) is 0 Å². The molecule has 0 radical (unpaired) electrons. The fourth-order valence-corrected chi connectivity index (χ4v) is 3.50. The molecular formula is C21H21ClF3N3O. The number of aromatic nitrogens is 2. The monoisotopic (exact) mass is 423 g/mol. The highest BCUT2D eigenvalue weighted by Crippen LogP contribution is 2.24. The molecule has 0 atom stereocenters. The van der Waals surface area contributed by atoms with Gasteiger partial charge in [-0.2, -0.15) is 0 Å². The van der Waals surface area contributed by atoms with Crippen LogP contribution in [0.1, 0.15) is 37.0 Å². The van der Waals surface area contributed by atoms with Crippen LogP contribution in [-0.2, 0) is 13.1 Å². The molecule has 1 amide bonds. The van der Waals surface area contributed by atoms with Gasteiger partial charge in [-0.25, -0.2) is 18.2 Å². The van der Waals surface area contributed by atoms with E-state index in [0.717, 1.165) is 11.6 Å². The zero-order valence-electron chi connectivity index (χ0n) is 16.3. The Balaban J connectivity index is 2.04. The SMILES string of the molecule is CCn1c(CN(CC(C)C)C(=O)c2c(F)ccc(F)c2F)nc2ccc(Cl)cc21. The Hall–Kier alpha value is -2.54. The van der Waals surface area contributed by atoms with E-state index in [1.807, 2.05) is 25.3 Å². The fraction of sp³-hybridized carbons (Fsp3) is 0.333. The summed E-state index contributed by atoms with van der Waals surface area (Å²) in [6, 6.07) is 6.68. The molecule has 1 aromatic heterocycles. The Morgan fingerprint density at radius 3 is 2.52 bits per heavy atom. The molecule has 0 saturated carbocycles. The minimum Gasteiger partial charge on any atom is -0.331 e. The third-order valence-corrected chi connectivity index (χ3v) is 4.80. The lowest BCUT2D eigenvalue weighted by Crippen LogP contribution is -2.36. The second kappa shape index (κ2) is 8.45. The van der Waals surface area contributed by atoms with E-state index in [9.17, 15) is 18.0 Å². The van der Waals surface area contributed by atoms with Gasteiger partial charge < -0.3 is 9.47 Å². The normalized spacial score (nSPS) is 11.4. The van der Waals surface area contributed by atoms with Crippen LogP contribution in [0.4, 0.5) is 13.2 Å². The van der Waals surface area contributed by atoms with E-state index in [2.05, 4.69) is 4.98 Å². The number of hydrogen-bond acceptors (Lipinski definition) is 2. The number of benzene rings is 2. The van der Waals surface area contributed by atoms with Crippen LogP contribution in [0.3, 0.4) is 0 Å². The molecule has 2 aromatic carbocycles. The molecule has 8 heteroatoms. The van der Waals surface area contributed by atoms with Crippen LogP contribution < -0.4 is 0 Å². The lowest BCUT2D eigenvalue weighted by atomic mass is 10.1. The summed E-state index contributed by atoms with van der Waals surface area (Å²) in [6.07, 6.45) is 0. The number of carbonyl (C=O) groups excluding carboxylic acids is 1. The summed E-state index contributed by atoms with van der Waals surface area (Å²) < 4.78 is 43.9. The highest BCUT2D eigenvalue weighted by Gasteiger charge is 2.27. The summed E-state index contributed by atoms with van der Waals surface area (Å²) in [5.74, 6) is -4.20. The maximum Gasteiger partial charge on any atom is 0.260 e. The van der Waals surface area contributed by atoms with E-state index in [1.165, 1.54) is 4.90 Å². The van der Waals surface area contributed by atoms with E-state index in [-0.39, 0.29) is 19.0 Å². The van der Waals surface area contributed by atoms with Crippen molar-refractivity contribution in [2.75, 3.05) is 6.54 Å². The topological polar surface area (TPSA) is 38.1 Å². The zero-order valence-corrected chi connectivity index (χ0v) is 17.1. The average molecular weight is 424 g/mol. The van der Waals surface area contributed by atoms with Gasteiger partial charge in [-0.05, 0) is 43.2 Å². The smallest absolute Gasteiger partial charge is 0.260 e. The first-order valence-electron chi connectivity index (χ1n) is 9.30. The highest BCUT2D eigenvalue weighted by atomic mass is 35.5. The molecule has 4 nitrogen and oxygen atoms in total. The first-order valence-corrected chi connectivity index (χ1v) is 9.68. The molecule has 0 spiro atoms. The molecule has 154 valence electrons. The second-order valence-corrected chi connectivity index (χ2v) is 7.64. The molecule has 1 heterocycles. The number of carbonyl (C=O) groups is 1. The molecule has 3 rings (SSSR count). The number of halogens is 4. The minimum absolute atomic E-state index is 0.0204.